The first-order chi connectivity index (χ1) is 7.11. The van der Waals surface area contributed by atoms with E-state index in [9.17, 15) is 0 Å². The summed E-state index contributed by atoms with van der Waals surface area (Å²) >= 11 is 3.68. The Morgan fingerprint density at radius 3 is 2.60 bits per heavy atom. The van der Waals surface area contributed by atoms with E-state index in [-0.39, 0.29) is 0 Å². The third-order valence-electron chi connectivity index (χ3n) is 3.08. The molecule has 15 heavy (non-hydrogen) atoms. The molecule has 0 aliphatic rings. The number of hydrogen-bond acceptors (Lipinski definition) is 1. The molecule has 1 aromatic carbocycles. The van der Waals surface area contributed by atoms with E-state index >= 15 is 0 Å². The summed E-state index contributed by atoms with van der Waals surface area (Å²) in [7, 11) is 2.03. The van der Waals surface area contributed by atoms with Gasteiger partial charge in [0, 0.05) is 10.5 Å². The smallest absolute Gasteiger partial charge is 0.0354 e. The maximum absolute atomic E-state index is 3.68. The van der Waals surface area contributed by atoms with E-state index in [0.29, 0.717) is 12.0 Å². The summed E-state index contributed by atoms with van der Waals surface area (Å²) in [5, 5.41) is 3.41. The second kappa shape index (κ2) is 5.66. The van der Waals surface area contributed by atoms with Crippen LogP contribution in [0.25, 0.3) is 0 Å². The minimum Gasteiger partial charge on any atom is -0.313 e. The van der Waals surface area contributed by atoms with Gasteiger partial charge < -0.3 is 5.32 Å². The highest BCUT2D eigenvalue weighted by Crippen LogP contribution is 2.31. The normalized spacial score (nSPS) is 15.0. The van der Waals surface area contributed by atoms with Gasteiger partial charge in [0.05, 0.1) is 0 Å². The molecule has 84 valence electrons. The number of halogens is 1. The zero-order chi connectivity index (χ0) is 11.4. The Hall–Kier alpha value is -0.340. The molecule has 1 rings (SSSR count). The van der Waals surface area contributed by atoms with Crippen LogP contribution in [0, 0.1) is 12.8 Å². The van der Waals surface area contributed by atoms with Crippen LogP contribution in [0.3, 0.4) is 0 Å². The van der Waals surface area contributed by atoms with Crippen LogP contribution in [0.15, 0.2) is 22.7 Å². The van der Waals surface area contributed by atoms with Gasteiger partial charge in [-0.15, -0.1) is 0 Å². The zero-order valence-electron chi connectivity index (χ0n) is 9.97. The van der Waals surface area contributed by atoms with Gasteiger partial charge in [-0.05, 0) is 31.0 Å². The van der Waals surface area contributed by atoms with Crippen LogP contribution in [0.1, 0.15) is 37.4 Å². The molecule has 0 saturated heterocycles. The van der Waals surface area contributed by atoms with Gasteiger partial charge in [0.15, 0.2) is 0 Å². The maximum Gasteiger partial charge on any atom is 0.0354 e. The quantitative estimate of drug-likeness (QED) is 0.869. The highest BCUT2D eigenvalue weighted by molar-refractivity contribution is 9.10. The van der Waals surface area contributed by atoms with Crippen LogP contribution in [-0.4, -0.2) is 7.05 Å². The summed E-state index contributed by atoms with van der Waals surface area (Å²) in [5.41, 5.74) is 2.67. The molecule has 0 aliphatic heterocycles. The summed E-state index contributed by atoms with van der Waals surface area (Å²) in [5.74, 6) is 0.646. The summed E-state index contributed by atoms with van der Waals surface area (Å²) in [4.78, 5) is 0. The molecule has 1 nitrogen and oxygen atoms in total. The monoisotopic (exact) mass is 269 g/mol. The van der Waals surface area contributed by atoms with Crippen LogP contribution in [-0.2, 0) is 0 Å². The molecule has 2 heteroatoms. The van der Waals surface area contributed by atoms with Crippen LogP contribution in [0.5, 0.6) is 0 Å². The molecule has 0 fully saturated rings. The number of hydrogen-bond donors (Lipinski definition) is 1. The van der Waals surface area contributed by atoms with Crippen molar-refractivity contribution >= 4 is 15.9 Å². The minimum absolute atomic E-state index is 0.435. The second-order valence-electron chi connectivity index (χ2n) is 4.13. The lowest BCUT2D eigenvalue weighted by molar-refractivity contribution is 0.399. The zero-order valence-corrected chi connectivity index (χ0v) is 11.6. The van der Waals surface area contributed by atoms with Crippen molar-refractivity contribution in [2.75, 3.05) is 7.05 Å². The molecule has 0 aromatic heterocycles. The van der Waals surface area contributed by atoms with Gasteiger partial charge in [0.2, 0.25) is 0 Å². The Morgan fingerprint density at radius 1 is 1.40 bits per heavy atom. The highest BCUT2D eigenvalue weighted by Gasteiger charge is 2.18. The standard InChI is InChI=1S/C13H20BrN/c1-5-9(2)13(15-4)11-8-6-7-10(3)12(11)14/h6-9,13,15H,5H2,1-4H3. The number of rotatable bonds is 4. The van der Waals surface area contributed by atoms with E-state index in [1.54, 1.807) is 0 Å². The van der Waals surface area contributed by atoms with Crippen molar-refractivity contribution < 1.29 is 0 Å². The fourth-order valence-electron chi connectivity index (χ4n) is 1.89. The molecule has 0 spiro atoms. The van der Waals surface area contributed by atoms with Gasteiger partial charge in [-0.25, -0.2) is 0 Å². The van der Waals surface area contributed by atoms with Crippen molar-refractivity contribution in [1.82, 2.24) is 5.32 Å². The fourth-order valence-corrected chi connectivity index (χ4v) is 2.40. The third kappa shape index (κ3) is 2.82. The van der Waals surface area contributed by atoms with E-state index < -0.39 is 0 Å². The predicted octanol–water partition coefficient (Wildman–Crippen LogP) is 4.06. The maximum atomic E-state index is 3.68. The van der Waals surface area contributed by atoms with E-state index in [4.69, 9.17) is 0 Å². The largest absolute Gasteiger partial charge is 0.313 e. The summed E-state index contributed by atoms with van der Waals surface area (Å²) in [6.07, 6.45) is 1.19. The van der Waals surface area contributed by atoms with Crippen LogP contribution in [0.4, 0.5) is 0 Å². The van der Waals surface area contributed by atoms with Crippen LogP contribution >= 0.6 is 15.9 Å². The first kappa shape index (κ1) is 12.7. The highest BCUT2D eigenvalue weighted by atomic mass is 79.9. The molecule has 2 unspecified atom stereocenters. The molecule has 0 bridgehead atoms. The van der Waals surface area contributed by atoms with Crippen molar-refractivity contribution in [3.63, 3.8) is 0 Å². The van der Waals surface area contributed by atoms with Crippen molar-refractivity contribution in [2.45, 2.75) is 33.2 Å². The molecule has 0 aliphatic carbocycles. The Kier molecular flexibility index (Phi) is 4.81. The molecular formula is C13H20BrN. The minimum atomic E-state index is 0.435. The van der Waals surface area contributed by atoms with Gasteiger partial charge in [-0.2, -0.15) is 0 Å². The number of benzene rings is 1. The molecule has 0 radical (unpaired) electrons. The molecule has 0 saturated carbocycles. The molecule has 2 atom stereocenters. The average Bonchev–Trinajstić information content (AvgIpc) is 2.24. The molecule has 1 aromatic rings. The Bertz CT molecular complexity index is 322. The summed E-state index contributed by atoms with van der Waals surface area (Å²) in [6.45, 7) is 6.66. The van der Waals surface area contributed by atoms with Crippen molar-refractivity contribution in [3.8, 4) is 0 Å². The Labute approximate surface area is 101 Å². The molecule has 1 N–H and O–H groups in total. The second-order valence-corrected chi connectivity index (χ2v) is 4.92. The third-order valence-corrected chi connectivity index (χ3v) is 4.16. The van der Waals surface area contributed by atoms with Crippen LogP contribution in [0.2, 0.25) is 0 Å². The van der Waals surface area contributed by atoms with Gasteiger partial charge in [-0.3, -0.25) is 0 Å². The first-order valence-corrected chi connectivity index (χ1v) is 6.33. The van der Waals surface area contributed by atoms with Crippen LogP contribution < -0.4 is 5.32 Å². The Morgan fingerprint density at radius 2 is 2.07 bits per heavy atom. The van der Waals surface area contributed by atoms with Gasteiger partial charge in [0.25, 0.3) is 0 Å². The molecular weight excluding hydrogens is 250 g/mol. The molecule has 0 amide bonds. The Balaban J connectivity index is 3.07. The van der Waals surface area contributed by atoms with Crippen molar-refractivity contribution in [2.24, 2.45) is 5.92 Å². The van der Waals surface area contributed by atoms with E-state index in [1.165, 1.54) is 22.0 Å². The van der Waals surface area contributed by atoms with Crippen molar-refractivity contribution in [3.05, 3.63) is 33.8 Å². The topological polar surface area (TPSA) is 12.0 Å². The van der Waals surface area contributed by atoms with E-state index in [1.807, 2.05) is 7.05 Å². The first-order valence-electron chi connectivity index (χ1n) is 5.54. The van der Waals surface area contributed by atoms with Gasteiger partial charge >= 0.3 is 0 Å². The molecule has 0 heterocycles. The number of nitrogens with one attached hydrogen (secondary N) is 1. The SMILES string of the molecule is CCC(C)C(NC)c1cccc(C)c1Br. The number of aryl methyl sites for hydroxylation is 1. The summed E-state index contributed by atoms with van der Waals surface area (Å²) in [6, 6.07) is 6.90. The fraction of sp³-hybridized carbons (Fsp3) is 0.538. The summed E-state index contributed by atoms with van der Waals surface area (Å²) < 4.78 is 1.24. The average molecular weight is 270 g/mol. The van der Waals surface area contributed by atoms with Crippen molar-refractivity contribution in [1.29, 1.82) is 0 Å². The predicted molar refractivity (Wildman–Crippen MR) is 70.1 cm³/mol. The van der Waals surface area contributed by atoms with E-state index in [2.05, 4.69) is 60.2 Å². The van der Waals surface area contributed by atoms with Gasteiger partial charge in [-0.1, -0.05) is 54.4 Å². The lowest BCUT2D eigenvalue weighted by Gasteiger charge is -2.24. The lowest BCUT2D eigenvalue weighted by Crippen LogP contribution is -2.23. The lowest BCUT2D eigenvalue weighted by atomic mass is 9.92. The van der Waals surface area contributed by atoms with Gasteiger partial charge in [0.1, 0.15) is 0 Å². The van der Waals surface area contributed by atoms with E-state index in [0.717, 1.165) is 0 Å².